The summed E-state index contributed by atoms with van der Waals surface area (Å²) in [6.45, 7) is 4.20. The molecule has 7 heteroatoms. The van der Waals surface area contributed by atoms with Gasteiger partial charge >= 0.3 is 0 Å². The van der Waals surface area contributed by atoms with E-state index in [0.717, 1.165) is 12.8 Å². The smallest absolute Gasteiger partial charge is 0.244 e. The van der Waals surface area contributed by atoms with E-state index in [1.165, 1.54) is 16.4 Å². The van der Waals surface area contributed by atoms with Gasteiger partial charge in [0.05, 0.1) is 11.6 Å². The molecule has 0 spiro atoms. The van der Waals surface area contributed by atoms with E-state index in [9.17, 15) is 13.5 Å². The summed E-state index contributed by atoms with van der Waals surface area (Å²) in [7, 11) is -3.67. The molecule has 20 heavy (non-hydrogen) atoms. The second-order valence-corrected chi connectivity index (χ2v) is 7.04. The van der Waals surface area contributed by atoms with Gasteiger partial charge in [-0.25, -0.2) is 8.42 Å². The van der Waals surface area contributed by atoms with E-state index in [-0.39, 0.29) is 20.5 Å². The molecule has 0 aliphatic carbocycles. The second-order valence-electron chi connectivity index (χ2n) is 4.35. The summed E-state index contributed by atoms with van der Waals surface area (Å²) in [4.78, 5) is -0.00873. The molecule has 1 N–H and O–H groups in total. The van der Waals surface area contributed by atoms with Gasteiger partial charge in [-0.2, -0.15) is 4.31 Å². The van der Waals surface area contributed by atoms with Crippen LogP contribution in [0, 0.1) is 0 Å². The highest BCUT2D eigenvalue weighted by Crippen LogP contribution is 2.32. The van der Waals surface area contributed by atoms with E-state index in [1.54, 1.807) is 6.92 Å². The number of benzene rings is 1. The third-order valence-electron chi connectivity index (χ3n) is 3.04. The molecule has 1 rings (SSSR count). The highest BCUT2D eigenvalue weighted by atomic mass is 35.5. The lowest BCUT2D eigenvalue weighted by Crippen LogP contribution is -2.32. The predicted molar refractivity (Wildman–Crippen MR) is 81.7 cm³/mol. The molecule has 0 fully saturated rings. The van der Waals surface area contributed by atoms with Gasteiger partial charge in [-0.3, -0.25) is 0 Å². The number of sulfonamides is 1. The monoisotopic (exact) mass is 339 g/mol. The lowest BCUT2D eigenvalue weighted by atomic mass is 10.2. The Labute approximate surface area is 130 Å². The van der Waals surface area contributed by atoms with Gasteiger partial charge in [0.15, 0.2) is 0 Å². The lowest BCUT2D eigenvalue weighted by Gasteiger charge is -2.21. The Kier molecular flexibility index (Phi) is 6.75. The first-order valence-electron chi connectivity index (χ1n) is 6.48. The molecule has 0 aliphatic rings. The van der Waals surface area contributed by atoms with Crippen LogP contribution in [0.2, 0.25) is 10.0 Å². The number of hydrogen-bond acceptors (Lipinski definition) is 3. The van der Waals surface area contributed by atoms with Crippen LogP contribution in [-0.2, 0) is 16.6 Å². The molecule has 0 bridgehead atoms. The van der Waals surface area contributed by atoms with Crippen molar-refractivity contribution < 1.29 is 13.5 Å². The molecule has 0 heterocycles. The molecular formula is C13H19Cl2NO3S. The van der Waals surface area contributed by atoms with Crippen LogP contribution in [0.1, 0.15) is 32.3 Å². The fourth-order valence-electron chi connectivity index (χ4n) is 1.84. The van der Waals surface area contributed by atoms with E-state index in [1.807, 2.05) is 6.92 Å². The van der Waals surface area contributed by atoms with Crippen molar-refractivity contribution in [3.05, 3.63) is 27.7 Å². The number of aliphatic hydroxyl groups is 1. The molecular weight excluding hydrogens is 321 g/mol. The molecule has 0 saturated heterocycles. The minimum Gasteiger partial charge on any atom is -0.392 e. The normalized spacial score (nSPS) is 12.1. The third-order valence-corrected chi connectivity index (χ3v) is 5.95. The molecule has 1 aromatic carbocycles. The zero-order valence-corrected chi connectivity index (χ0v) is 13.9. The summed E-state index contributed by atoms with van der Waals surface area (Å²) in [6, 6.07) is 2.83. The number of aliphatic hydroxyl groups excluding tert-OH is 1. The van der Waals surface area contributed by atoms with Crippen molar-refractivity contribution in [2.75, 3.05) is 13.1 Å². The summed E-state index contributed by atoms with van der Waals surface area (Å²) < 4.78 is 26.6. The summed E-state index contributed by atoms with van der Waals surface area (Å²) >= 11 is 12.0. The lowest BCUT2D eigenvalue weighted by molar-refractivity contribution is 0.281. The van der Waals surface area contributed by atoms with Gasteiger partial charge in [0, 0.05) is 23.7 Å². The summed E-state index contributed by atoms with van der Waals surface area (Å²) in [5.74, 6) is 0. The Morgan fingerprint density at radius 3 is 2.40 bits per heavy atom. The first-order chi connectivity index (χ1) is 9.39. The molecule has 0 aliphatic heterocycles. The maximum absolute atomic E-state index is 12.6. The summed E-state index contributed by atoms with van der Waals surface area (Å²) in [5, 5.41) is 9.50. The summed E-state index contributed by atoms with van der Waals surface area (Å²) in [5.41, 5.74) is 0.237. The molecule has 0 amide bonds. The Morgan fingerprint density at radius 2 is 1.90 bits per heavy atom. The van der Waals surface area contributed by atoms with Crippen LogP contribution in [-0.4, -0.2) is 30.9 Å². The highest BCUT2D eigenvalue weighted by Gasteiger charge is 2.26. The van der Waals surface area contributed by atoms with Crippen molar-refractivity contribution in [3.8, 4) is 0 Å². The van der Waals surface area contributed by atoms with Gasteiger partial charge in [-0.1, -0.05) is 43.5 Å². The van der Waals surface area contributed by atoms with Crippen molar-refractivity contribution in [1.82, 2.24) is 4.31 Å². The minimum atomic E-state index is -3.67. The largest absolute Gasteiger partial charge is 0.392 e. The first-order valence-corrected chi connectivity index (χ1v) is 8.67. The van der Waals surface area contributed by atoms with Crippen molar-refractivity contribution in [2.24, 2.45) is 0 Å². The Hall–Kier alpha value is -0.330. The van der Waals surface area contributed by atoms with Crippen LogP contribution in [0.4, 0.5) is 0 Å². The van der Waals surface area contributed by atoms with Gasteiger partial charge in [-0.15, -0.1) is 0 Å². The fraction of sp³-hybridized carbons (Fsp3) is 0.538. The number of unbranched alkanes of at least 4 members (excludes halogenated alkanes) is 1. The maximum Gasteiger partial charge on any atom is 0.244 e. The Balaban J connectivity index is 3.27. The Bertz CT molecular complexity index is 561. The van der Waals surface area contributed by atoms with E-state index >= 15 is 0 Å². The Morgan fingerprint density at radius 1 is 1.25 bits per heavy atom. The van der Waals surface area contributed by atoms with Crippen LogP contribution < -0.4 is 0 Å². The van der Waals surface area contributed by atoms with Crippen LogP contribution in [0.15, 0.2) is 17.0 Å². The first kappa shape index (κ1) is 17.7. The van der Waals surface area contributed by atoms with Crippen molar-refractivity contribution in [2.45, 2.75) is 38.2 Å². The third kappa shape index (κ3) is 3.65. The van der Waals surface area contributed by atoms with E-state index in [0.29, 0.717) is 13.1 Å². The van der Waals surface area contributed by atoms with Gasteiger partial charge in [-0.05, 0) is 18.6 Å². The molecule has 0 atom stereocenters. The van der Waals surface area contributed by atoms with Crippen LogP contribution in [0.5, 0.6) is 0 Å². The zero-order chi connectivity index (χ0) is 15.3. The number of hydrogen-bond donors (Lipinski definition) is 1. The minimum absolute atomic E-state index is 0.00468. The fourth-order valence-corrected chi connectivity index (χ4v) is 4.20. The molecule has 0 saturated carbocycles. The number of nitrogens with zero attached hydrogens (tertiary/aromatic N) is 1. The molecule has 4 nitrogen and oxygen atoms in total. The standard InChI is InChI=1S/C13H19Cl2NO3S/c1-3-5-8-16(4-2)20(18,19)12-7-6-11(14)10(9-17)13(12)15/h6-7,17H,3-5,8-9H2,1-2H3. The zero-order valence-electron chi connectivity index (χ0n) is 11.6. The van der Waals surface area contributed by atoms with E-state index < -0.39 is 16.6 Å². The van der Waals surface area contributed by atoms with Crippen LogP contribution in [0.25, 0.3) is 0 Å². The molecule has 0 unspecified atom stereocenters. The van der Waals surface area contributed by atoms with Crippen molar-refractivity contribution in [3.63, 3.8) is 0 Å². The number of rotatable bonds is 7. The maximum atomic E-state index is 12.6. The predicted octanol–water partition coefficient (Wildman–Crippen LogP) is 3.30. The quantitative estimate of drug-likeness (QED) is 0.829. The molecule has 0 aromatic heterocycles. The van der Waals surface area contributed by atoms with Crippen molar-refractivity contribution >= 4 is 33.2 Å². The van der Waals surface area contributed by atoms with E-state index in [2.05, 4.69) is 0 Å². The van der Waals surface area contributed by atoms with Gasteiger partial charge in [0.2, 0.25) is 10.0 Å². The molecule has 0 radical (unpaired) electrons. The highest BCUT2D eigenvalue weighted by molar-refractivity contribution is 7.89. The molecule has 1 aromatic rings. The average molecular weight is 340 g/mol. The second kappa shape index (κ2) is 7.61. The van der Waals surface area contributed by atoms with Gasteiger partial charge in [0.25, 0.3) is 0 Å². The molecule has 114 valence electrons. The van der Waals surface area contributed by atoms with Crippen LogP contribution >= 0.6 is 23.2 Å². The SMILES string of the molecule is CCCCN(CC)S(=O)(=O)c1ccc(Cl)c(CO)c1Cl. The van der Waals surface area contributed by atoms with Gasteiger partial charge in [0.1, 0.15) is 4.90 Å². The van der Waals surface area contributed by atoms with Crippen LogP contribution in [0.3, 0.4) is 0 Å². The van der Waals surface area contributed by atoms with Crippen molar-refractivity contribution in [1.29, 1.82) is 0 Å². The van der Waals surface area contributed by atoms with Gasteiger partial charge < -0.3 is 5.11 Å². The summed E-state index contributed by atoms with van der Waals surface area (Å²) in [6.07, 6.45) is 1.69. The number of halogens is 2. The average Bonchev–Trinajstić information content (AvgIpc) is 2.39. The topological polar surface area (TPSA) is 57.6 Å². The van der Waals surface area contributed by atoms with E-state index in [4.69, 9.17) is 23.2 Å².